The summed E-state index contributed by atoms with van der Waals surface area (Å²) in [4.78, 5) is 10.4. The van der Waals surface area contributed by atoms with Gasteiger partial charge in [0.25, 0.3) is 0 Å². The van der Waals surface area contributed by atoms with Crippen LogP contribution >= 0.6 is 0 Å². The first kappa shape index (κ1) is 14.7. The molecule has 0 aliphatic carbocycles. The number of aliphatic carboxylic acids is 1. The fraction of sp³-hybridized carbons (Fsp3) is 0.462. The molecule has 1 aromatic rings. The molecule has 0 spiro atoms. The number of hydrogen-bond acceptors (Lipinski definition) is 3. The topological polar surface area (TPSA) is 71.4 Å². The van der Waals surface area contributed by atoms with Gasteiger partial charge >= 0.3 is 5.97 Å². The van der Waals surface area contributed by atoms with Crippen molar-refractivity contribution < 1.29 is 18.3 Å². The Morgan fingerprint density at radius 3 is 2.50 bits per heavy atom. The SMILES string of the molecule is Cc1cccc(CCS(=O)(=O)CCC(=O)O)c1C. The summed E-state index contributed by atoms with van der Waals surface area (Å²) in [5, 5.41) is 8.48. The fourth-order valence-electron chi connectivity index (χ4n) is 1.69. The van der Waals surface area contributed by atoms with E-state index in [2.05, 4.69) is 0 Å². The van der Waals surface area contributed by atoms with Crippen LogP contribution in [0, 0.1) is 13.8 Å². The molecule has 0 fully saturated rings. The highest BCUT2D eigenvalue weighted by Gasteiger charge is 2.14. The maximum atomic E-state index is 11.6. The van der Waals surface area contributed by atoms with Crippen LogP contribution in [0.25, 0.3) is 0 Å². The lowest BCUT2D eigenvalue weighted by atomic mass is 10.0. The largest absolute Gasteiger partial charge is 0.481 e. The Morgan fingerprint density at radius 2 is 1.89 bits per heavy atom. The summed E-state index contributed by atoms with van der Waals surface area (Å²) in [5.41, 5.74) is 3.25. The molecular formula is C13H18O4S. The molecule has 0 aromatic heterocycles. The van der Waals surface area contributed by atoms with Gasteiger partial charge in [0, 0.05) is 0 Å². The summed E-state index contributed by atoms with van der Waals surface area (Å²) < 4.78 is 23.3. The van der Waals surface area contributed by atoms with E-state index in [9.17, 15) is 13.2 Å². The van der Waals surface area contributed by atoms with Gasteiger partial charge < -0.3 is 5.11 Å². The molecule has 0 aliphatic rings. The van der Waals surface area contributed by atoms with Gasteiger partial charge in [-0.15, -0.1) is 0 Å². The van der Waals surface area contributed by atoms with E-state index in [1.807, 2.05) is 32.0 Å². The molecule has 0 saturated heterocycles. The van der Waals surface area contributed by atoms with Crippen molar-refractivity contribution >= 4 is 15.8 Å². The van der Waals surface area contributed by atoms with Gasteiger partial charge in [-0.2, -0.15) is 0 Å². The quantitative estimate of drug-likeness (QED) is 0.854. The molecule has 0 saturated carbocycles. The minimum atomic E-state index is -3.29. The van der Waals surface area contributed by atoms with Crippen molar-refractivity contribution in [3.05, 3.63) is 34.9 Å². The Kier molecular flexibility index (Phi) is 4.90. The van der Waals surface area contributed by atoms with E-state index in [1.54, 1.807) is 0 Å². The molecule has 0 radical (unpaired) electrons. The van der Waals surface area contributed by atoms with Crippen molar-refractivity contribution in [2.24, 2.45) is 0 Å². The number of carboxylic acids is 1. The number of sulfone groups is 1. The molecule has 0 atom stereocenters. The number of carbonyl (C=O) groups is 1. The molecule has 18 heavy (non-hydrogen) atoms. The second-order valence-corrected chi connectivity index (χ2v) is 6.71. The monoisotopic (exact) mass is 270 g/mol. The predicted molar refractivity (Wildman–Crippen MR) is 70.5 cm³/mol. The van der Waals surface area contributed by atoms with Crippen LogP contribution in [0.15, 0.2) is 18.2 Å². The minimum absolute atomic E-state index is 0.00454. The molecule has 0 heterocycles. The smallest absolute Gasteiger partial charge is 0.304 e. The molecule has 0 amide bonds. The molecule has 0 unspecified atom stereocenters. The summed E-state index contributed by atoms with van der Waals surface area (Å²) in [6.45, 7) is 3.95. The lowest BCUT2D eigenvalue weighted by molar-refractivity contribution is -0.136. The van der Waals surface area contributed by atoms with Crippen LogP contribution in [-0.4, -0.2) is 31.0 Å². The van der Waals surface area contributed by atoms with Crippen LogP contribution in [-0.2, 0) is 21.1 Å². The van der Waals surface area contributed by atoms with Crippen molar-refractivity contribution in [1.82, 2.24) is 0 Å². The molecule has 100 valence electrons. The molecule has 4 nitrogen and oxygen atoms in total. The van der Waals surface area contributed by atoms with Gasteiger partial charge in [-0.1, -0.05) is 18.2 Å². The molecule has 0 bridgehead atoms. The van der Waals surface area contributed by atoms with E-state index in [0.717, 1.165) is 16.7 Å². The van der Waals surface area contributed by atoms with Crippen LogP contribution in [0.2, 0.25) is 0 Å². The zero-order valence-electron chi connectivity index (χ0n) is 10.6. The van der Waals surface area contributed by atoms with Crippen molar-refractivity contribution in [3.8, 4) is 0 Å². The van der Waals surface area contributed by atoms with Crippen molar-refractivity contribution in [2.75, 3.05) is 11.5 Å². The first-order valence-electron chi connectivity index (χ1n) is 5.79. The molecule has 0 aliphatic heterocycles. The first-order valence-corrected chi connectivity index (χ1v) is 7.61. The van der Waals surface area contributed by atoms with E-state index in [4.69, 9.17) is 5.11 Å². The van der Waals surface area contributed by atoms with E-state index in [1.165, 1.54) is 0 Å². The van der Waals surface area contributed by atoms with Gasteiger partial charge in [-0.25, -0.2) is 8.42 Å². The Morgan fingerprint density at radius 1 is 1.22 bits per heavy atom. The van der Waals surface area contributed by atoms with Crippen molar-refractivity contribution in [2.45, 2.75) is 26.7 Å². The lowest BCUT2D eigenvalue weighted by Crippen LogP contribution is -2.16. The van der Waals surface area contributed by atoms with Gasteiger partial charge in [0.15, 0.2) is 9.84 Å². The normalized spacial score (nSPS) is 11.4. The van der Waals surface area contributed by atoms with Gasteiger partial charge in [0.2, 0.25) is 0 Å². The van der Waals surface area contributed by atoms with Gasteiger partial charge in [-0.3, -0.25) is 4.79 Å². The Balaban J connectivity index is 2.65. The Hall–Kier alpha value is -1.36. The predicted octanol–water partition coefficient (Wildman–Crippen LogP) is 1.74. The number of aryl methyl sites for hydroxylation is 2. The standard InChI is InChI=1S/C13H18O4S/c1-10-4-3-5-12(11(10)2)6-8-18(16,17)9-7-13(14)15/h3-5H,6-9H2,1-2H3,(H,14,15). The summed E-state index contributed by atoms with van der Waals surface area (Å²) in [5.74, 6) is -1.36. The average Bonchev–Trinajstić information content (AvgIpc) is 2.29. The summed E-state index contributed by atoms with van der Waals surface area (Å²) >= 11 is 0. The first-order chi connectivity index (χ1) is 8.32. The van der Waals surface area contributed by atoms with Gasteiger partial charge in [0.1, 0.15) is 0 Å². The summed E-state index contributed by atoms with van der Waals surface area (Å²) in [6.07, 6.45) is 0.116. The van der Waals surface area contributed by atoms with Crippen molar-refractivity contribution in [3.63, 3.8) is 0 Å². The second-order valence-electron chi connectivity index (χ2n) is 4.40. The minimum Gasteiger partial charge on any atom is -0.481 e. The third kappa shape index (κ3) is 4.49. The average molecular weight is 270 g/mol. The zero-order chi connectivity index (χ0) is 13.8. The van der Waals surface area contributed by atoms with Crippen LogP contribution in [0.5, 0.6) is 0 Å². The lowest BCUT2D eigenvalue weighted by Gasteiger charge is -2.08. The van der Waals surface area contributed by atoms with Crippen LogP contribution in [0.3, 0.4) is 0 Å². The van der Waals surface area contributed by atoms with E-state index < -0.39 is 15.8 Å². The molecule has 5 heteroatoms. The third-order valence-corrected chi connectivity index (χ3v) is 4.68. The summed E-state index contributed by atoms with van der Waals surface area (Å²) in [7, 11) is -3.29. The number of carboxylic acid groups (broad SMARTS) is 1. The second kappa shape index (κ2) is 6.00. The van der Waals surface area contributed by atoms with Crippen LogP contribution in [0.4, 0.5) is 0 Å². The number of rotatable bonds is 6. The van der Waals surface area contributed by atoms with E-state index in [0.29, 0.717) is 6.42 Å². The molecule has 1 N–H and O–H groups in total. The number of hydrogen-bond donors (Lipinski definition) is 1. The van der Waals surface area contributed by atoms with Gasteiger partial charge in [-0.05, 0) is 37.0 Å². The summed E-state index contributed by atoms with van der Waals surface area (Å²) in [6, 6.07) is 5.80. The molecule has 1 rings (SSSR count). The number of benzene rings is 1. The Labute approximate surface area is 108 Å². The third-order valence-electron chi connectivity index (χ3n) is 3.03. The molecular weight excluding hydrogens is 252 g/mol. The van der Waals surface area contributed by atoms with E-state index in [-0.39, 0.29) is 17.9 Å². The highest BCUT2D eigenvalue weighted by atomic mass is 32.2. The van der Waals surface area contributed by atoms with Crippen LogP contribution in [0.1, 0.15) is 23.1 Å². The highest BCUT2D eigenvalue weighted by molar-refractivity contribution is 7.91. The maximum absolute atomic E-state index is 11.6. The van der Waals surface area contributed by atoms with Crippen molar-refractivity contribution in [1.29, 1.82) is 0 Å². The maximum Gasteiger partial charge on any atom is 0.304 e. The van der Waals surface area contributed by atoms with Crippen LogP contribution < -0.4 is 0 Å². The zero-order valence-corrected chi connectivity index (χ0v) is 11.5. The van der Waals surface area contributed by atoms with E-state index >= 15 is 0 Å². The fourth-order valence-corrected chi connectivity index (χ4v) is 2.91. The highest BCUT2D eigenvalue weighted by Crippen LogP contribution is 2.14. The molecule has 1 aromatic carbocycles. The van der Waals surface area contributed by atoms with Gasteiger partial charge in [0.05, 0.1) is 17.9 Å². The Bertz CT molecular complexity index is 532.